The number of ether oxygens (including phenoxy) is 1. The lowest BCUT2D eigenvalue weighted by molar-refractivity contribution is -0.124. The summed E-state index contributed by atoms with van der Waals surface area (Å²) in [5, 5.41) is 2.23. The Hall–Kier alpha value is -1.10. The number of rotatable bonds is 0. The predicted molar refractivity (Wildman–Crippen MR) is 34.9 cm³/mol. The molecule has 2 rings (SSSR count). The fourth-order valence-electron chi connectivity index (χ4n) is 1.32. The highest BCUT2D eigenvalue weighted by atomic mass is 16.5. The first-order chi connectivity index (χ1) is 5.29. The molecule has 2 saturated heterocycles. The van der Waals surface area contributed by atoms with Crippen molar-refractivity contribution in [1.29, 1.82) is 0 Å². The number of nitrogens with one attached hydrogen (secondary N) is 1. The first-order valence-electron chi connectivity index (χ1n) is 3.48. The number of amides is 3. The average Bonchev–Trinajstić information content (AvgIpc) is 2.30. The van der Waals surface area contributed by atoms with E-state index in [1.54, 1.807) is 0 Å². The van der Waals surface area contributed by atoms with Crippen molar-refractivity contribution in [3.8, 4) is 0 Å². The summed E-state index contributed by atoms with van der Waals surface area (Å²) in [5.41, 5.74) is 0. The van der Waals surface area contributed by atoms with Crippen LogP contribution >= 0.6 is 0 Å². The van der Waals surface area contributed by atoms with Gasteiger partial charge in [-0.15, -0.1) is 0 Å². The van der Waals surface area contributed by atoms with Crippen LogP contribution in [0.4, 0.5) is 4.79 Å². The Morgan fingerprint density at radius 1 is 1.55 bits per heavy atom. The molecule has 0 aromatic rings. The van der Waals surface area contributed by atoms with E-state index < -0.39 is 0 Å². The van der Waals surface area contributed by atoms with Crippen molar-refractivity contribution in [2.45, 2.75) is 6.04 Å². The molecule has 2 heterocycles. The molecule has 0 aromatic heterocycles. The average molecular weight is 156 g/mol. The number of carbonyl (C=O) groups excluding carboxylic acids is 2. The van der Waals surface area contributed by atoms with Gasteiger partial charge in [0.1, 0.15) is 6.04 Å². The second-order valence-electron chi connectivity index (χ2n) is 2.58. The van der Waals surface area contributed by atoms with Crippen LogP contribution in [0.3, 0.4) is 0 Å². The largest absolute Gasteiger partial charge is 0.377 e. The molecule has 0 aliphatic carbocycles. The van der Waals surface area contributed by atoms with Crippen LogP contribution in [0.5, 0.6) is 0 Å². The van der Waals surface area contributed by atoms with Crippen LogP contribution < -0.4 is 5.32 Å². The van der Waals surface area contributed by atoms with Gasteiger partial charge < -0.3 is 9.64 Å². The molecule has 3 amide bonds. The number of fused-ring (bicyclic) bond motifs is 1. The van der Waals surface area contributed by atoms with E-state index >= 15 is 0 Å². The summed E-state index contributed by atoms with van der Waals surface area (Å²) in [6.45, 7) is 1.37. The van der Waals surface area contributed by atoms with Crippen molar-refractivity contribution in [2.24, 2.45) is 0 Å². The Balaban J connectivity index is 2.19. The second-order valence-corrected chi connectivity index (χ2v) is 2.58. The smallest absolute Gasteiger partial charge is 0.324 e. The van der Waals surface area contributed by atoms with Gasteiger partial charge in [0.25, 0.3) is 5.91 Å². The molecule has 1 atom stereocenters. The molecule has 2 fully saturated rings. The third kappa shape index (κ3) is 0.883. The molecule has 0 aromatic carbocycles. The maximum absolute atomic E-state index is 11.0. The molecule has 60 valence electrons. The lowest BCUT2D eigenvalue weighted by atomic mass is 10.2. The molecule has 0 bridgehead atoms. The van der Waals surface area contributed by atoms with Gasteiger partial charge in [-0.25, -0.2) is 4.79 Å². The van der Waals surface area contributed by atoms with Crippen molar-refractivity contribution in [3.05, 3.63) is 0 Å². The minimum absolute atomic E-state index is 0.241. The normalized spacial score (nSPS) is 30.2. The van der Waals surface area contributed by atoms with E-state index in [1.165, 1.54) is 4.90 Å². The Bertz CT molecular complexity index is 194. The van der Waals surface area contributed by atoms with Gasteiger partial charge in [-0.05, 0) is 0 Å². The van der Waals surface area contributed by atoms with E-state index in [4.69, 9.17) is 4.74 Å². The number of nitrogens with zero attached hydrogens (tertiary/aromatic N) is 1. The molecule has 11 heavy (non-hydrogen) atoms. The van der Waals surface area contributed by atoms with Crippen LogP contribution in [0.15, 0.2) is 0 Å². The van der Waals surface area contributed by atoms with Crippen LogP contribution in [0.1, 0.15) is 0 Å². The highest BCUT2D eigenvalue weighted by Crippen LogP contribution is 2.12. The third-order valence-electron chi connectivity index (χ3n) is 1.92. The highest BCUT2D eigenvalue weighted by Gasteiger charge is 2.39. The monoisotopic (exact) mass is 156 g/mol. The zero-order chi connectivity index (χ0) is 7.84. The summed E-state index contributed by atoms with van der Waals surface area (Å²) in [5.74, 6) is -0.241. The SMILES string of the molecule is O=C1NC(=O)N2CCOCC12. The number of urea groups is 1. The molecule has 1 unspecified atom stereocenters. The van der Waals surface area contributed by atoms with Gasteiger partial charge in [0.2, 0.25) is 0 Å². The highest BCUT2D eigenvalue weighted by molar-refractivity contribution is 6.04. The van der Waals surface area contributed by atoms with Crippen molar-refractivity contribution in [1.82, 2.24) is 10.2 Å². The van der Waals surface area contributed by atoms with Crippen molar-refractivity contribution < 1.29 is 14.3 Å². The van der Waals surface area contributed by atoms with Crippen molar-refractivity contribution in [2.75, 3.05) is 19.8 Å². The zero-order valence-electron chi connectivity index (χ0n) is 5.87. The van der Waals surface area contributed by atoms with Crippen LogP contribution in [0, 0.1) is 0 Å². The third-order valence-corrected chi connectivity index (χ3v) is 1.92. The van der Waals surface area contributed by atoms with Crippen molar-refractivity contribution in [3.63, 3.8) is 0 Å². The van der Waals surface area contributed by atoms with Crippen LogP contribution in [0.2, 0.25) is 0 Å². The van der Waals surface area contributed by atoms with E-state index in [1.807, 2.05) is 0 Å². The molecule has 1 N–H and O–H groups in total. The Morgan fingerprint density at radius 2 is 2.36 bits per heavy atom. The molecule has 0 spiro atoms. The molecule has 0 radical (unpaired) electrons. The van der Waals surface area contributed by atoms with Gasteiger partial charge in [0.15, 0.2) is 0 Å². The summed E-state index contributed by atoms with van der Waals surface area (Å²) >= 11 is 0. The lowest BCUT2D eigenvalue weighted by Crippen LogP contribution is -2.45. The van der Waals surface area contributed by atoms with Crippen molar-refractivity contribution >= 4 is 11.9 Å². The maximum Gasteiger partial charge on any atom is 0.324 e. The number of carbonyl (C=O) groups is 2. The van der Waals surface area contributed by atoms with Gasteiger partial charge >= 0.3 is 6.03 Å². The topological polar surface area (TPSA) is 58.6 Å². The van der Waals surface area contributed by atoms with E-state index in [2.05, 4.69) is 5.32 Å². The lowest BCUT2D eigenvalue weighted by Gasteiger charge is -2.26. The minimum atomic E-state index is -0.378. The summed E-state index contributed by atoms with van der Waals surface area (Å²) in [4.78, 5) is 23.4. The first kappa shape index (κ1) is 6.60. The summed E-state index contributed by atoms with van der Waals surface area (Å²) in [7, 11) is 0. The summed E-state index contributed by atoms with van der Waals surface area (Å²) in [6.07, 6.45) is 0. The molecule has 2 aliphatic heterocycles. The van der Waals surface area contributed by atoms with E-state index in [-0.39, 0.29) is 18.0 Å². The van der Waals surface area contributed by atoms with Crippen LogP contribution in [0.25, 0.3) is 0 Å². The van der Waals surface area contributed by atoms with Gasteiger partial charge in [-0.3, -0.25) is 10.1 Å². The number of imide groups is 1. The fourth-order valence-corrected chi connectivity index (χ4v) is 1.32. The van der Waals surface area contributed by atoms with E-state index in [9.17, 15) is 9.59 Å². The van der Waals surface area contributed by atoms with E-state index in [0.717, 1.165) is 0 Å². The number of morpholine rings is 1. The summed E-state index contributed by atoms with van der Waals surface area (Å²) in [6, 6.07) is -0.667. The van der Waals surface area contributed by atoms with Crippen LogP contribution in [-0.2, 0) is 9.53 Å². The molecular weight excluding hydrogens is 148 g/mol. The quantitative estimate of drug-likeness (QED) is 0.455. The Labute approximate surface area is 63.3 Å². The molecule has 2 aliphatic rings. The number of hydrogen-bond donors (Lipinski definition) is 1. The molecule has 5 nitrogen and oxygen atoms in total. The molecular formula is C6H8N2O3. The van der Waals surface area contributed by atoms with Gasteiger partial charge in [0, 0.05) is 6.54 Å². The first-order valence-corrected chi connectivity index (χ1v) is 3.48. The van der Waals surface area contributed by atoms with Gasteiger partial charge in [-0.2, -0.15) is 0 Å². The second kappa shape index (κ2) is 2.20. The Morgan fingerprint density at radius 3 is 3.09 bits per heavy atom. The van der Waals surface area contributed by atoms with E-state index in [0.29, 0.717) is 19.8 Å². The fraction of sp³-hybridized carbons (Fsp3) is 0.667. The minimum Gasteiger partial charge on any atom is -0.377 e. The predicted octanol–water partition coefficient (Wildman–Crippen LogP) is -1.06. The van der Waals surface area contributed by atoms with Gasteiger partial charge in [-0.1, -0.05) is 0 Å². The van der Waals surface area contributed by atoms with Crippen LogP contribution in [-0.4, -0.2) is 42.6 Å². The van der Waals surface area contributed by atoms with Gasteiger partial charge in [0.05, 0.1) is 13.2 Å². The maximum atomic E-state index is 11.0. The molecule has 0 saturated carbocycles. The number of hydrogen-bond acceptors (Lipinski definition) is 3. The summed E-state index contributed by atoms with van der Waals surface area (Å²) < 4.78 is 5.05. The zero-order valence-corrected chi connectivity index (χ0v) is 5.87. The Kier molecular flexibility index (Phi) is 1.32. The standard InChI is InChI=1S/C6H8N2O3/c9-5-4-3-11-2-1-8(4)6(10)7-5/h4H,1-3H2,(H,7,9,10). The molecule has 5 heteroatoms.